The zero-order valence-corrected chi connectivity index (χ0v) is 12.0. The molecule has 0 unspecified atom stereocenters. The number of nitrogens with one attached hydrogen (secondary N) is 1. The number of hydrogen-bond donors (Lipinski definition) is 1. The minimum absolute atomic E-state index is 0.0893. The fourth-order valence-electron chi connectivity index (χ4n) is 2.68. The Balaban J connectivity index is 1.66. The van der Waals surface area contributed by atoms with Crippen LogP contribution in [0.25, 0.3) is 0 Å². The molecule has 1 saturated heterocycles. The lowest BCUT2D eigenvalue weighted by molar-refractivity contribution is 0.0644. The molecule has 1 heterocycles. The van der Waals surface area contributed by atoms with Crippen molar-refractivity contribution >= 4 is 5.69 Å². The zero-order chi connectivity index (χ0) is 13.3. The Morgan fingerprint density at radius 3 is 2.63 bits per heavy atom. The molecular weight excluding hydrogens is 236 g/mol. The van der Waals surface area contributed by atoms with Crippen LogP contribution in [0.4, 0.5) is 5.69 Å². The van der Waals surface area contributed by atoms with Crippen molar-refractivity contribution in [3.05, 3.63) is 29.8 Å². The summed E-state index contributed by atoms with van der Waals surface area (Å²) in [6.07, 6.45) is 2.69. The van der Waals surface area contributed by atoms with E-state index in [1.165, 1.54) is 24.1 Å². The third-order valence-corrected chi connectivity index (χ3v) is 4.07. The molecule has 0 atom stereocenters. The standard InChI is InChI=1S/C16H24N2O/c1-16(2)12-19-10-9-18(16)15-7-3-13(4-8-15)11-17-14-5-6-14/h3-4,7-8,14,17H,5-6,9-12H2,1-2H3. The van der Waals surface area contributed by atoms with Crippen LogP contribution in [0.3, 0.4) is 0 Å². The molecule has 1 saturated carbocycles. The molecule has 2 aliphatic rings. The van der Waals surface area contributed by atoms with Gasteiger partial charge in [0.15, 0.2) is 0 Å². The minimum atomic E-state index is 0.0893. The fourth-order valence-corrected chi connectivity index (χ4v) is 2.68. The number of hydrogen-bond acceptors (Lipinski definition) is 3. The van der Waals surface area contributed by atoms with Crippen LogP contribution in [0, 0.1) is 0 Å². The van der Waals surface area contributed by atoms with Gasteiger partial charge in [0.2, 0.25) is 0 Å². The van der Waals surface area contributed by atoms with E-state index in [9.17, 15) is 0 Å². The highest BCUT2D eigenvalue weighted by molar-refractivity contribution is 5.50. The van der Waals surface area contributed by atoms with Gasteiger partial charge in [-0.2, -0.15) is 0 Å². The first-order valence-electron chi connectivity index (χ1n) is 7.33. The molecule has 3 heteroatoms. The first kappa shape index (κ1) is 12.9. The van der Waals surface area contributed by atoms with Gasteiger partial charge in [0, 0.05) is 24.8 Å². The predicted octanol–water partition coefficient (Wildman–Crippen LogP) is 2.55. The Morgan fingerprint density at radius 2 is 2.00 bits per heavy atom. The van der Waals surface area contributed by atoms with Gasteiger partial charge < -0.3 is 15.0 Å². The predicted molar refractivity (Wildman–Crippen MR) is 78.5 cm³/mol. The van der Waals surface area contributed by atoms with Crippen LogP contribution >= 0.6 is 0 Å². The molecule has 1 aliphatic carbocycles. The maximum absolute atomic E-state index is 5.58. The second-order valence-corrected chi connectivity index (χ2v) is 6.34. The lowest BCUT2D eigenvalue weighted by Crippen LogP contribution is -2.53. The van der Waals surface area contributed by atoms with Gasteiger partial charge in [-0.1, -0.05) is 12.1 Å². The summed E-state index contributed by atoms with van der Waals surface area (Å²) in [4.78, 5) is 2.45. The first-order valence-corrected chi connectivity index (χ1v) is 7.33. The topological polar surface area (TPSA) is 24.5 Å². The highest BCUT2D eigenvalue weighted by atomic mass is 16.5. The van der Waals surface area contributed by atoms with Gasteiger partial charge in [-0.05, 0) is 44.4 Å². The molecule has 0 amide bonds. The van der Waals surface area contributed by atoms with Crippen molar-refractivity contribution in [3.63, 3.8) is 0 Å². The van der Waals surface area contributed by atoms with Crippen LogP contribution in [-0.2, 0) is 11.3 Å². The molecule has 1 N–H and O–H groups in total. The van der Waals surface area contributed by atoms with Crippen molar-refractivity contribution < 1.29 is 4.74 Å². The smallest absolute Gasteiger partial charge is 0.0694 e. The van der Waals surface area contributed by atoms with Crippen LogP contribution in [0.2, 0.25) is 0 Å². The highest BCUT2D eigenvalue weighted by Gasteiger charge is 2.30. The van der Waals surface area contributed by atoms with Crippen LogP contribution in [0.1, 0.15) is 32.3 Å². The molecule has 1 aromatic rings. The van der Waals surface area contributed by atoms with E-state index in [2.05, 4.69) is 48.3 Å². The van der Waals surface area contributed by atoms with Crippen LogP contribution < -0.4 is 10.2 Å². The molecule has 2 fully saturated rings. The lowest BCUT2D eigenvalue weighted by Gasteiger charge is -2.43. The van der Waals surface area contributed by atoms with E-state index in [0.717, 1.165) is 32.3 Å². The lowest BCUT2D eigenvalue weighted by atomic mass is 10.0. The molecule has 3 nitrogen and oxygen atoms in total. The van der Waals surface area contributed by atoms with Crippen molar-refractivity contribution in [3.8, 4) is 0 Å². The Morgan fingerprint density at radius 1 is 1.26 bits per heavy atom. The first-order chi connectivity index (χ1) is 9.15. The van der Waals surface area contributed by atoms with Gasteiger partial charge in [0.1, 0.15) is 0 Å². The largest absolute Gasteiger partial charge is 0.377 e. The van der Waals surface area contributed by atoms with Crippen LogP contribution in [-0.4, -0.2) is 31.3 Å². The molecule has 0 bridgehead atoms. The Kier molecular flexibility index (Phi) is 3.50. The summed E-state index contributed by atoms with van der Waals surface area (Å²) in [5.74, 6) is 0. The van der Waals surface area contributed by atoms with E-state index in [1.54, 1.807) is 0 Å². The number of nitrogens with zero attached hydrogens (tertiary/aromatic N) is 1. The molecular formula is C16H24N2O. The number of anilines is 1. The van der Waals surface area contributed by atoms with Crippen LogP contribution in [0.5, 0.6) is 0 Å². The summed E-state index contributed by atoms with van der Waals surface area (Å²) in [6.45, 7) is 8.10. The molecule has 0 radical (unpaired) electrons. The second kappa shape index (κ2) is 5.14. The van der Waals surface area contributed by atoms with Gasteiger partial charge in [-0.15, -0.1) is 0 Å². The van der Waals surface area contributed by atoms with E-state index < -0.39 is 0 Å². The summed E-state index contributed by atoms with van der Waals surface area (Å²) in [5, 5.41) is 3.55. The highest BCUT2D eigenvalue weighted by Crippen LogP contribution is 2.27. The quantitative estimate of drug-likeness (QED) is 0.900. The molecule has 19 heavy (non-hydrogen) atoms. The average Bonchev–Trinajstić information content (AvgIpc) is 3.21. The van der Waals surface area contributed by atoms with Gasteiger partial charge in [0.25, 0.3) is 0 Å². The SMILES string of the molecule is CC1(C)COCCN1c1ccc(CNC2CC2)cc1. The van der Waals surface area contributed by atoms with E-state index in [4.69, 9.17) is 4.74 Å². The number of morpholine rings is 1. The minimum Gasteiger partial charge on any atom is -0.377 e. The molecule has 3 rings (SSSR count). The molecule has 0 aromatic heterocycles. The van der Waals surface area contributed by atoms with Crippen molar-refractivity contribution in [2.75, 3.05) is 24.7 Å². The fraction of sp³-hybridized carbons (Fsp3) is 0.625. The summed E-state index contributed by atoms with van der Waals surface area (Å²) >= 11 is 0. The number of benzene rings is 1. The van der Waals surface area contributed by atoms with Crippen molar-refractivity contribution in [2.45, 2.75) is 44.8 Å². The van der Waals surface area contributed by atoms with Gasteiger partial charge in [0.05, 0.1) is 18.8 Å². The third-order valence-electron chi connectivity index (χ3n) is 4.07. The van der Waals surface area contributed by atoms with Crippen molar-refractivity contribution in [1.29, 1.82) is 0 Å². The summed E-state index contributed by atoms with van der Waals surface area (Å²) in [7, 11) is 0. The van der Waals surface area contributed by atoms with E-state index in [1.807, 2.05) is 0 Å². The van der Waals surface area contributed by atoms with Gasteiger partial charge in [-0.3, -0.25) is 0 Å². The maximum atomic E-state index is 5.58. The summed E-state index contributed by atoms with van der Waals surface area (Å²) in [5.41, 5.74) is 2.77. The summed E-state index contributed by atoms with van der Waals surface area (Å²) in [6, 6.07) is 9.76. The van der Waals surface area contributed by atoms with Crippen LogP contribution in [0.15, 0.2) is 24.3 Å². The van der Waals surface area contributed by atoms with Gasteiger partial charge >= 0.3 is 0 Å². The summed E-state index contributed by atoms with van der Waals surface area (Å²) < 4.78 is 5.58. The Labute approximate surface area is 115 Å². The maximum Gasteiger partial charge on any atom is 0.0694 e. The molecule has 1 aliphatic heterocycles. The Hall–Kier alpha value is -1.06. The van der Waals surface area contributed by atoms with Gasteiger partial charge in [-0.25, -0.2) is 0 Å². The second-order valence-electron chi connectivity index (χ2n) is 6.34. The van der Waals surface area contributed by atoms with E-state index in [-0.39, 0.29) is 5.54 Å². The van der Waals surface area contributed by atoms with Crippen molar-refractivity contribution in [2.24, 2.45) is 0 Å². The normalized spacial score (nSPS) is 22.5. The van der Waals surface area contributed by atoms with E-state index >= 15 is 0 Å². The Bertz CT molecular complexity index is 423. The zero-order valence-electron chi connectivity index (χ0n) is 12.0. The monoisotopic (exact) mass is 260 g/mol. The molecule has 0 spiro atoms. The van der Waals surface area contributed by atoms with E-state index in [0.29, 0.717) is 0 Å². The van der Waals surface area contributed by atoms with Crippen molar-refractivity contribution in [1.82, 2.24) is 5.32 Å². The molecule has 104 valence electrons. The average molecular weight is 260 g/mol. The molecule has 1 aromatic carbocycles. The number of rotatable bonds is 4. The number of ether oxygens (including phenoxy) is 1. The third kappa shape index (κ3) is 3.10.